The van der Waals surface area contributed by atoms with Gasteiger partial charge in [0, 0.05) is 9.47 Å². The van der Waals surface area contributed by atoms with E-state index in [1.807, 2.05) is 12.1 Å². The first kappa shape index (κ1) is 15.5. The number of phenols is 1. The average Bonchev–Trinajstić information content (AvgIpc) is 2.17. The van der Waals surface area contributed by atoms with Gasteiger partial charge in [0.2, 0.25) is 0 Å². The molecule has 0 aromatic heterocycles. The van der Waals surface area contributed by atoms with Crippen molar-refractivity contribution in [3.05, 3.63) is 28.8 Å². The summed E-state index contributed by atoms with van der Waals surface area (Å²) < 4.78 is 5.14. The third kappa shape index (κ3) is 3.46. The molecule has 1 aromatic rings. The normalized spacial score (nSPS) is 12.8. The quantitative estimate of drug-likeness (QED) is 0.811. The highest BCUT2D eigenvalue weighted by molar-refractivity contribution is 7.09. The molecule has 1 rings (SSSR count). The molecule has 0 saturated carbocycles. The van der Waals surface area contributed by atoms with Gasteiger partial charge in [-0.05, 0) is 39.7 Å². The van der Waals surface area contributed by atoms with E-state index in [-0.39, 0.29) is 10.8 Å². The molecule has 3 heteroatoms. The van der Waals surface area contributed by atoms with Crippen molar-refractivity contribution in [2.24, 2.45) is 0 Å². The molecule has 0 aliphatic heterocycles. The molecule has 1 N–H and O–H groups in total. The van der Waals surface area contributed by atoms with Crippen molar-refractivity contribution in [3.8, 4) is 5.75 Å². The second kappa shape index (κ2) is 5.19. The number of hydrogen-bond acceptors (Lipinski definition) is 2. The molecule has 0 heterocycles. The van der Waals surface area contributed by atoms with Gasteiger partial charge in [-0.25, -0.2) is 0 Å². The van der Waals surface area contributed by atoms with Gasteiger partial charge in [-0.15, -0.1) is 0 Å². The zero-order valence-corrected chi connectivity index (χ0v) is 13.4. The van der Waals surface area contributed by atoms with Crippen molar-refractivity contribution in [2.75, 3.05) is 0 Å². The Morgan fingerprint density at radius 3 is 1.67 bits per heavy atom. The van der Waals surface area contributed by atoms with Crippen molar-refractivity contribution >= 4 is 9.47 Å². The molecule has 0 aliphatic carbocycles. The third-order valence-corrected chi connectivity index (χ3v) is 3.20. The molecule has 0 aliphatic rings. The molecule has 0 fully saturated rings. The van der Waals surface area contributed by atoms with Gasteiger partial charge < -0.3 is 9.63 Å². The van der Waals surface area contributed by atoms with Crippen molar-refractivity contribution < 1.29 is 9.63 Å². The number of hydrogen-bond donors (Lipinski definition) is 1. The van der Waals surface area contributed by atoms with Gasteiger partial charge in [-0.1, -0.05) is 41.5 Å². The molecule has 2 nitrogen and oxygen atoms in total. The Hall–Kier alpha value is -0.590. The number of aromatic hydroxyl groups is 1. The smallest absolute Gasteiger partial charge is 0.123 e. The summed E-state index contributed by atoms with van der Waals surface area (Å²) in [6.45, 7) is 13.2. The lowest BCUT2D eigenvalue weighted by Crippen LogP contribution is -2.17. The highest BCUT2D eigenvalue weighted by Crippen LogP contribution is 2.39. The second-order valence-corrected chi connectivity index (χ2v) is 7.18. The zero-order valence-electron chi connectivity index (χ0n) is 12.3. The molecule has 0 amide bonds. The maximum atomic E-state index is 10.5. The van der Waals surface area contributed by atoms with Crippen molar-refractivity contribution in [1.82, 2.24) is 0 Å². The van der Waals surface area contributed by atoms with Crippen LogP contribution in [0.4, 0.5) is 0 Å². The first-order valence-corrected chi connectivity index (χ1v) is 6.73. The minimum absolute atomic E-state index is 0.0824. The van der Waals surface area contributed by atoms with Crippen LogP contribution in [-0.2, 0) is 22.0 Å². The van der Waals surface area contributed by atoms with Crippen LogP contribution in [0.3, 0.4) is 0 Å². The van der Waals surface area contributed by atoms with Gasteiger partial charge in [-0.3, -0.25) is 0 Å². The minimum atomic E-state index is -0.0824. The fourth-order valence-corrected chi connectivity index (χ4v) is 2.21. The van der Waals surface area contributed by atoms with E-state index >= 15 is 0 Å². The predicted molar refractivity (Wildman–Crippen MR) is 80.0 cm³/mol. The molecule has 102 valence electrons. The number of phenolic OH excluding ortho intramolecular Hbond substituents is 1. The van der Waals surface area contributed by atoms with Crippen LogP contribution in [-0.4, -0.2) is 5.11 Å². The molecule has 0 radical (unpaired) electrons. The first-order chi connectivity index (χ1) is 8.07. The van der Waals surface area contributed by atoms with E-state index in [0.29, 0.717) is 12.4 Å². The van der Waals surface area contributed by atoms with Crippen molar-refractivity contribution in [2.45, 2.75) is 59.0 Å². The Bertz CT molecular complexity index is 390. The maximum Gasteiger partial charge on any atom is 0.123 e. The van der Waals surface area contributed by atoms with Crippen LogP contribution in [0, 0.1) is 0 Å². The van der Waals surface area contributed by atoms with Gasteiger partial charge in [0.05, 0.1) is 6.61 Å². The van der Waals surface area contributed by atoms with Gasteiger partial charge in [-0.2, -0.15) is 0 Å². The summed E-state index contributed by atoms with van der Waals surface area (Å²) in [5.41, 5.74) is 2.89. The van der Waals surface area contributed by atoms with E-state index in [1.165, 1.54) is 0 Å². The average molecular weight is 268 g/mol. The Morgan fingerprint density at radius 1 is 1.00 bits per heavy atom. The zero-order chi connectivity index (χ0) is 14.1. The van der Waals surface area contributed by atoms with Gasteiger partial charge in [0.1, 0.15) is 5.75 Å². The largest absolute Gasteiger partial charge is 0.507 e. The van der Waals surface area contributed by atoms with Gasteiger partial charge in [0.15, 0.2) is 0 Å². The fourth-order valence-electron chi connectivity index (χ4n) is 2.02. The van der Waals surface area contributed by atoms with Crippen LogP contribution in [0.2, 0.25) is 0 Å². The lowest BCUT2D eigenvalue weighted by molar-refractivity contribution is 0.359. The van der Waals surface area contributed by atoms with E-state index < -0.39 is 0 Å². The van der Waals surface area contributed by atoms with Crippen LogP contribution in [0.5, 0.6) is 5.75 Å². The standard InChI is InChI=1S/C15H25O2P/c1-14(2,3)11-7-10(9-17-18)8-12(13(11)16)15(4,5)6/h7-8,16H,9,18H2,1-6H3. The summed E-state index contributed by atoms with van der Waals surface area (Å²) in [5, 5.41) is 10.5. The summed E-state index contributed by atoms with van der Waals surface area (Å²) in [7, 11) is 2.27. The predicted octanol–water partition coefficient (Wildman–Crippen LogP) is 4.29. The number of rotatable bonds is 2. The molecular formula is C15H25O2P. The molecule has 1 atom stereocenters. The third-order valence-electron chi connectivity index (χ3n) is 3.04. The van der Waals surface area contributed by atoms with E-state index in [1.54, 1.807) is 0 Å². The summed E-state index contributed by atoms with van der Waals surface area (Å²) in [4.78, 5) is 0. The Morgan fingerprint density at radius 2 is 1.39 bits per heavy atom. The molecule has 1 unspecified atom stereocenters. The minimum Gasteiger partial charge on any atom is -0.507 e. The molecular weight excluding hydrogens is 243 g/mol. The van der Waals surface area contributed by atoms with Crippen LogP contribution in [0.25, 0.3) is 0 Å². The first-order valence-electron chi connectivity index (χ1n) is 6.26. The highest BCUT2D eigenvalue weighted by Gasteiger charge is 2.26. The topological polar surface area (TPSA) is 29.5 Å². The van der Waals surface area contributed by atoms with E-state index in [9.17, 15) is 5.11 Å². The summed E-state index contributed by atoms with van der Waals surface area (Å²) >= 11 is 0. The lowest BCUT2D eigenvalue weighted by atomic mass is 9.78. The van der Waals surface area contributed by atoms with Crippen LogP contribution in [0.1, 0.15) is 58.2 Å². The maximum absolute atomic E-state index is 10.5. The Kier molecular flexibility index (Phi) is 4.46. The van der Waals surface area contributed by atoms with Crippen LogP contribution in [0.15, 0.2) is 12.1 Å². The summed E-state index contributed by atoms with van der Waals surface area (Å²) in [5.74, 6) is 0.419. The van der Waals surface area contributed by atoms with E-state index in [2.05, 4.69) is 51.0 Å². The number of benzene rings is 1. The summed E-state index contributed by atoms with van der Waals surface area (Å²) in [6, 6.07) is 4.07. The van der Waals surface area contributed by atoms with Crippen LogP contribution < -0.4 is 0 Å². The molecule has 0 bridgehead atoms. The monoisotopic (exact) mass is 268 g/mol. The van der Waals surface area contributed by atoms with Crippen molar-refractivity contribution in [3.63, 3.8) is 0 Å². The lowest BCUT2D eigenvalue weighted by Gasteiger charge is -2.28. The Labute approximate surface area is 113 Å². The van der Waals surface area contributed by atoms with Gasteiger partial charge in [0.25, 0.3) is 0 Å². The Balaban J connectivity index is 3.48. The SMILES string of the molecule is CC(C)(C)c1cc(COP)cc(C(C)(C)C)c1O. The van der Waals surface area contributed by atoms with E-state index in [0.717, 1.165) is 16.7 Å². The van der Waals surface area contributed by atoms with E-state index in [4.69, 9.17) is 4.52 Å². The fraction of sp³-hybridized carbons (Fsp3) is 0.600. The molecule has 0 saturated heterocycles. The molecule has 0 spiro atoms. The van der Waals surface area contributed by atoms with Crippen molar-refractivity contribution in [1.29, 1.82) is 0 Å². The summed E-state index contributed by atoms with van der Waals surface area (Å²) in [6.07, 6.45) is 0. The molecule has 1 aromatic carbocycles. The highest BCUT2D eigenvalue weighted by atomic mass is 31.0. The molecule has 18 heavy (non-hydrogen) atoms. The van der Waals surface area contributed by atoms with Gasteiger partial charge >= 0.3 is 0 Å². The second-order valence-electron chi connectivity index (χ2n) is 6.85. The van der Waals surface area contributed by atoms with Crippen LogP contribution >= 0.6 is 9.47 Å².